The van der Waals surface area contributed by atoms with Gasteiger partial charge in [0.1, 0.15) is 5.75 Å². The predicted octanol–water partition coefficient (Wildman–Crippen LogP) is 2.38. The van der Waals surface area contributed by atoms with Gasteiger partial charge in [0, 0.05) is 5.69 Å². The molecule has 5 nitrogen and oxygen atoms in total. The van der Waals surface area contributed by atoms with E-state index in [9.17, 15) is 5.11 Å². The second-order valence-corrected chi connectivity index (χ2v) is 5.51. The highest BCUT2D eigenvalue weighted by Gasteiger charge is 2.30. The summed E-state index contributed by atoms with van der Waals surface area (Å²) in [6, 6.07) is 5.27. The second-order valence-electron chi connectivity index (χ2n) is 5.11. The third kappa shape index (κ3) is 3.77. The first-order chi connectivity index (χ1) is 9.52. The molecule has 0 spiro atoms. The highest BCUT2D eigenvalue weighted by Crippen LogP contribution is 2.30. The monoisotopic (exact) mass is 297 g/mol. The Hall–Kier alpha value is -1.46. The van der Waals surface area contributed by atoms with Crippen LogP contribution in [0.25, 0.3) is 0 Å². The number of nitrogens with one attached hydrogen (secondary N) is 1. The summed E-state index contributed by atoms with van der Waals surface area (Å²) in [4.78, 5) is 4.20. The SMILES string of the molecule is COc1ccc(NC(N)=NCC2(O)CCCC2)cc1Cl. The molecule has 2 rings (SSSR count). The average Bonchev–Trinajstić information content (AvgIpc) is 2.84. The minimum atomic E-state index is -0.691. The maximum absolute atomic E-state index is 10.2. The number of guanidine groups is 1. The summed E-state index contributed by atoms with van der Waals surface area (Å²) in [6.07, 6.45) is 3.68. The number of hydrogen-bond donors (Lipinski definition) is 3. The summed E-state index contributed by atoms with van der Waals surface area (Å²) in [5.41, 5.74) is 5.86. The van der Waals surface area contributed by atoms with Crippen LogP contribution in [0.2, 0.25) is 5.02 Å². The molecule has 0 heterocycles. The fraction of sp³-hybridized carbons (Fsp3) is 0.500. The average molecular weight is 298 g/mol. The Morgan fingerprint density at radius 1 is 1.50 bits per heavy atom. The third-order valence-corrected chi connectivity index (χ3v) is 3.80. The number of aliphatic imine (C=N–C) groups is 1. The van der Waals surface area contributed by atoms with Crippen LogP contribution in [0.15, 0.2) is 23.2 Å². The molecule has 1 aromatic rings. The van der Waals surface area contributed by atoms with Crippen molar-refractivity contribution in [3.8, 4) is 5.75 Å². The van der Waals surface area contributed by atoms with Crippen molar-refractivity contribution in [2.24, 2.45) is 10.7 Å². The van der Waals surface area contributed by atoms with E-state index in [0.29, 0.717) is 17.3 Å². The lowest BCUT2D eigenvalue weighted by atomic mass is 10.0. The molecule has 1 fully saturated rings. The molecule has 0 bridgehead atoms. The third-order valence-electron chi connectivity index (χ3n) is 3.50. The number of hydrogen-bond acceptors (Lipinski definition) is 3. The van der Waals surface area contributed by atoms with E-state index in [0.717, 1.165) is 31.4 Å². The highest BCUT2D eigenvalue weighted by atomic mass is 35.5. The quantitative estimate of drug-likeness (QED) is 0.589. The fourth-order valence-electron chi connectivity index (χ4n) is 2.36. The van der Waals surface area contributed by atoms with Crippen molar-refractivity contribution in [2.45, 2.75) is 31.3 Å². The van der Waals surface area contributed by atoms with Crippen molar-refractivity contribution in [3.63, 3.8) is 0 Å². The van der Waals surface area contributed by atoms with Crippen LogP contribution < -0.4 is 15.8 Å². The summed E-state index contributed by atoms with van der Waals surface area (Å²) in [5, 5.41) is 13.6. The lowest BCUT2D eigenvalue weighted by Gasteiger charge is -2.19. The van der Waals surface area contributed by atoms with Gasteiger partial charge in [0.25, 0.3) is 0 Å². The van der Waals surface area contributed by atoms with Gasteiger partial charge in [-0.25, -0.2) is 0 Å². The molecule has 0 aromatic heterocycles. The van der Waals surface area contributed by atoms with E-state index >= 15 is 0 Å². The molecular formula is C14H20ClN3O2. The summed E-state index contributed by atoms with van der Waals surface area (Å²) in [6.45, 7) is 0.329. The molecule has 1 aliphatic rings. The van der Waals surface area contributed by atoms with E-state index in [1.54, 1.807) is 25.3 Å². The molecule has 0 amide bonds. The molecule has 0 radical (unpaired) electrons. The van der Waals surface area contributed by atoms with E-state index in [1.165, 1.54) is 0 Å². The Labute approximate surface area is 123 Å². The highest BCUT2D eigenvalue weighted by molar-refractivity contribution is 6.32. The number of nitrogens with zero attached hydrogens (tertiary/aromatic N) is 1. The molecule has 1 aromatic carbocycles. The number of benzene rings is 1. The van der Waals surface area contributed by atoms with Crippen LogP contribution >= 0.6 is 11.6 Å². The van der Waals surface area contributed by atoms with Gasteiger partial charge in [-0.05, 0) is 31.0 Å². The van der Waals surface area contributed by atoms with Gasteiger partial charge < -0.3 is 20.9 Å². The minimum absolute atomic E-state index is 0.270. The van der Waals surface area contributed by atoms with Crippen molar-refractivity contribution in [1.82, 2.24) is 0 Å². The largest absolute Gasteiger partial charge is 0.495 e. The van der Waals surface area contributed by atoms with Gasteiger partial charge in [-0.1, -0.05) is 24.4 Å². The van der Waals surface area contributed by atoms with E-state index in [4.69, 9.17) is 22.1 Å². The van der Waals surface area contributed by atoms with Crippen molar-refractivity contribution in [1.29, 1.82) is 0 Å². The normalized spacial score (nSPS) is 18.1. The lowest BCUT2D eigenvalue weighted by molar-refractivity contribution is 0.0575. The second kappa shape index (κ2) is 6.33. The van der Waals surface area contributed by atoms with Gasteiger partial charge in [-0.2, -0.15) is 0 Å². The molecule has 20 heavy (non-hydrogen) atoms. The Morgan fingerprint density at radius 3 is 2.80 bits per heavy atom. The van der Waals surface area contributed by atoms with E-state index in [-0.39, 0.29) is 5.96 Å². The zero-order valence-corrected chi connectivity index (χ0v) is 12.3. The van der Waals surface area contributed by atoms with E-state index in [1.807, 2.05) is 0 Å². The Balaban J connectivity index is 1.96. The Morgan fingerprint density at radius 2 is 2.20 bits per heavy atom. The molecule has 0 aliphatic heterocycles. The first kappa shape index (κ1) is 14.9. The van der Waals surface area contributed by atoms with Crippen LogP contribution in [-0.2, 0) is 0 Å². The molecule has 4 N–H and O–H groups in total. The molecule has 110 valence electrons. The lowest BCUT2D eigenvalue weighted by Crippen LogP contribution is -2.31. The van der Waals surface area contributed by atoms with Crippen molar-refractivity contribution >= 4 is 23.2 Å². The summed E-state index contributed by atoms with van der Waals surface area (Å²) >= 11 is 6.03. The molecule has 0 unspecified atom stereocenters. The summed E-state index contributed by atoms with van der Waals surface area (Å²) in [7, 11) is 1.56. The maximum atomic E-state index is 10.2. The van der Waals surface area contributed by atoms with Crippen molar-refractivity contribution in [3.05, 3.63) is 23.2 Å². The Kier molecular flexibility index (Phi) is 4.73. The zero-order valence-electron chi connectivity index (χ0n) is 11.5. The van der Waals surface area contributed by atoms with Gasteiger partial charge in [0.15, 0.2) is 5.96 Å². The van der Waals surface area contributed by atoms with Crippen LogP contribution in [0.1, 0.15) is 25.7 Å². The number of methoxy groups -OCH3 is 1. The van der Waals surface area contributed by atoms with Gasteiger partial charge >= 0.3 is 0 Å². The fourth-order valence-corrected chi connectivity index (χ4v) is 2.61. The first-order valence-corrected chi connectivity index (χ1v) is 7.03. The standard InChI is InChI=1S/C14H20ClN3O2/c1-20-12-5-4-10(8-11(12)15)18-13(16)17-9-14(19)6-2-3-7-14/h4-5,8,19H,2-3,6-7,9H2,1H3,(H3,16,17,18). The maximum Gasteiger partial charge on any atom is 0.193 e. The molecule has 6 heteroatoms. The predicted molar refractivity (Wildman–Crippen MR) is 81.5 cm³/mol. The molecule has 0 atom stereocenters. The van der Waals surface area contributed by atoms with Crippen LogP contribution in [-0.4, -0.2) is 30.3 Å². The molecule has 1 aliphatic carbocycles. The topological polar surface area (TPSA) is 79.9 Å². The summed E-state index contributed by atoms with van der Waals surface area (Å²) < 4.78 is 5.08. The number of rotatable bonds is 4. The van der Waals surface area contributed by atoms with Crippen molar-refractivity contribution < 1.29 is 9.84 Å². The van der Waals surface area contributed by atoms with Crippen LogP contribution in [0.5, 0.6) is 5.75 Å². The number of ether oxygens (including phenoxy) is 1. The minimum Gasteiger partial charge on any atom is -0.495 e. The summed E-state index contributed by atoms with van der Waals surface area (Å²) in [5.74, 6) is 0.875. The van der Waals surface area contributed by atoms with Gasteiger partial charge in [0.05, 0.1) is 24.3 Å². The smallest absolute Gasteiger partial charge is 0.193 e. The van der Waals surface area contributed by atoms with E-state index in [2.05, 4.69) is 10.3 Å². The van der Waals surface area contributed by atoms with E-state index < -0.39 is 5.60 Å². The molecule has 0 saturated heterocycles. The number of aliphatic hydroxyl groups is 1. The number of nitrogens with two attached hydrogens (primary N) is 1. The first-order valence-electron chi connectivity index (χ1n) is 6.65. The molecule has 1 saturated carbocycles. The van der Waals surface area contributed by atoms with Crippen LogP contribution in [0.4, 0.5) is 5.69 Å². The van der Waals surface area contributed by atoms with Crippen molar-refractivity contribution in [2.75, 3.05) is 19.0 Å². The molecular weight excluding hydrogens is 278 g/mol. The van der Waals surface area contributed by atoms with Crippen LogP contribution in [0.3, 0.4) is 0 Å². The van der Waals surface area contributed by atoms with Crippen LogP contribution in [0, 0.1) is 0 Å². The van der Waals surface area contributed by atoms with Gasteiger partial charge in [-0.15, -0.1) is 0 Å². The number of halogens is 1. The van der Waals surface area contributed by atoms with Gasteiger partial charge in [-0.3, -0.25) is 4.99 Å². The zero-order chi connectivity index (χ0) is 14.6. The Bertz CT molecular complexity index is 499. The number of anilines is 1. The van der Waals surface area contributed by atoms with Gasteiger partial charge in [0.2, 0.25) is 0 Å².